The highest BCUT2D eigenvalue weighted by Gasteiger charge is 2.26. The van der Waals surface area contributed by atoms with Crippen LogP contribution in [0.4, 0.5) is 0 Å². The highest BCUT2D eigenvalue weighted by molar-refractivity contribution is 6.18. The van der Waals surface area contributed by atoms with E-state index >= 15 is 0 Å². The first-order chi connectivity index (χ1) is 20.8. The number of hydrogen-bond donors (Lipinski definition) is 6. The summed E-state index contributed by atoms with van der Waals surface area (Å²) >= 11 is 0. The summed E-state index contributed by atoms with van der Waals surface area (Å²) in [6.07, 6.45) is -0.409. The van der Waals surface area contributed by atoms with Crippen LogP contribution in [0.5, 0.6) is 34.5 Å². The van der Waals surface area contributed by atoms with Crippen LogP contribution in [-0.4, -0.2) is 42.2 Å². The summed E-state index contributed by atoms with van der Waals surface area (Å²) in [5.74, 6) is -4.22. The number of benzene rings is 4. The van der Waals surface area contributed by atoms with Gasteiger partial charge in [0.15, 0.2) is 10.9 Å². The van der Waals surface area contributed by atoms with Gasteiger partial charge in [0.2, 0.25) is 0 Å². The number of hydrogen-bond acceptors (Lipinski definition) is 12. The van der Waals surface area contributed by atoms with Crippen molar-refractivity contribution in [1.29, 1.82) is 0 Å². The normalized spacial score (nSPS) is 11.6. The molecule has 0 radical (unpaired) electrons. The van der Waals surface area contributed by atoms with Gasteiger partial charge in [-0.2, -0.15) is 0 Å². The zero-order valence-corrected chi connectivity index (χ0v) is 23.0. The van der Waals surface area contributed by atoms with Crippen molar-refractivity contribution in [3.8, 4) is 45.6 Å². The summed E-state index contributed by atoms with van der Waals surface area (Å²) < 4.78 is 11.5. The molecule has 12 nitrogen and oxygen atoms in total. The van der Waals surface area contributed by atoms with Gasteiger partial charge >= 0.3 is 0 Å². The lowest BCUT2D eigenvalue weighted by Gasteiger charge is -2.15. The van der Waals surface area contributed by atoms with E-state index in [1.165, 1.54) is 26.0 Å². The van der Waals surface area contributed by atoms with Gasteiger partial charge in [-0.25, -0.2) is 0 Å². The van der Waals surface area contributed by atoms with E-state index in [9.17, 15) is 49.8 Å². The molecule has 6 rings (SSSR count). The summed E-state index contributed by atoms with van der Waals surface area (Å²) in [4.78, 5) is 50.4. The Labute approximate surface area is 244 Å². The van der Waals surface area contributed by atoms with Crippen molar-refractivity contribution in [2.24, 2.45) is 0 Å². The standard InChI is InChI=1S/C32H22O12/c1-11(33)3-13-5-17(35)29-23(43-13)7-15-25(19(37)9-21(39)27(15)31(29)41)26-16-8-24-30(18(36)6-14(44-24)4-12(2)34)32(42)28(16)22(40)10-20(26)38/h5-10,35-36,39-42H,3-4H2,1-2H3. The predicted octanol–water partition coefficient (Wildman–Crippen LogP) is 4.37. The first-order valence-corrected chi connectivity index (χ1v) is 13.1. The molecule has 0 aliphatic carbocycles. The summed E-state index contributed by atoms with van der Waals surface area (Å²) in [6, 6.07) is 6.16. The lowest BCUT2D eigenvalue weighted by molar-refractivity contribution is -0.117. The third kappa shape index (κ3) is 4.23. The van der Waals surface area contributed by atoms with Crippen LogP contribution in [0.3, 0.4) is 0 Å². The average molecular weight is 599 g/mol. The third-order valence-electron chi connectivity index (χ3n) is 7.30. The zero-order chi connectivity index (χ0) is 31.8. The number of ketones is 2. The Morgan fingerprint density at radius 1 is 0.545 bits per heavy atom. The Kier molecular flexibility index (Phi) is 6.24. The number of aromatic hydroxyl groups is 6. The van der Waals surface area contributed by atoms with Crippen molar-refractivity contribution in [3.05, 3.63) is 68.4 Å². The molecule has 222 valence electrons. The molecule has 0 fully saturated rings. The maximum Gasteiger partial charge on any atom is 0.190 e. The predicted molar refractivity (Wildman–Crippen MR) is 158 cm³/mol. The van der Waals surface area contributed by atoms with Gasteiger partial charge in [-0.3, -0.25) is 19.2 Å². The number of carbonyl (C=O) groups is 2. The summed E-state index contributed by atoms with van der Waals surface area (Å²) in [5.41, 5.74) is -2.91. The Bertz CT molecular complexity index is 2230. The number of carbonyl (C=O) groups excluding carboxylic acids is 2. The van der Waals surface area contributed by atoms with Gasteiger partial charge in [0, 0.05) is 46.2 Å². The van der Waals surface area contributed by atoms with Gasteiger partial charge in [0.1, 0.15) is 79.5 Å². The van der Waals surface area contributed by atoms with Gasteiger partial charge in [-0.1, -0.05) is 0 Å². The van der Waals surface area contributed by atoms with Crippen LogP contribution in [0.1, 0.15) is 25.4 Å². The minimum absolute atomic E-state index is 0.0315. The third-order valence-corrected chi connectivity index (χ3v) is 7.30. The highest BCUT2D eigenvalue weighted by atomic mass is 16.3. The molecule has 6 aromatic rings. The van der Waals surface area contributed by atoms with Crippen molar-refractivity contribution in [3.63, 3.8) is 0 Å². The van der Waals surface area contributed by atoms with Gasteiger partial charge in [0.05, 0.1) is 23.6 Å². The maximum absolute atomic E-state index is 13.5. The van der Waals surface area contributed by atoms with Crippen LogP contribution < -0.4 is 10.9 Å². The Morgan fingerprint density at radius 2 is 0.886 bits per heavy atom. The molecule has 0 bridgehead atoms. The van der Waals surface area contributed by atoms with Crippen LogP contribution in [0.15, 0.2) is 54.8 Å². The van der Waals surface area contributed by atoms with E-state index in [1.54, 1.807) is 0 Å². The van der Waals surface area contributed by atoms with E-state index in [0.29, 0.717) is 0 Å². The highest BCUT2D eigenvalue weighted by Crippen LogP contribution is 2.48. The number of Topliss-reactive ketones (excluding diaryl/α,β-unsaturated/α-hetero) is 2. The molecule has 0 unspecified atom stereocenters. The fourth-order valence-electron chi connectivity index (χ4n) is 5.63. The fourth-order valence-corrected chi connectivity index (χ4v) is 5.63. The van der Waals surface area contributed by atoms with Crippen LogP contribution in [0, 0.1) is 0 Å². The van der Waals surface area contributed by atoms with Gasteiger partial charge in [0.25, 0.3) is 0 Å². The zero-order valence-electron chi connectivity index (χ0n) is 23.0. The first-order valence-electron chi connectivity index (χ1n) is 13.1. The molecule has 4 aromatic carbocycles. The largest absolute Gasteiger partial charge is 0.507 e. The molecule has 0 saturated heterocycles. The number of phenolic OH excluding ortho intramolecular Hbond substituents is 4. The molecule has 0 spiro atoms. The molecule has 0 aliphatic rings. The van der Waals surface area contributed by atoms with Crippen molar-refractivity contribution in [1.82, 2.24) is 0 Å². The minimum Gasteiger partial charge on any atom is -0.507 e. The minimum atomic E-state index is -0.897. The van der Waals surface area contributed by atoms with Crippen LogP contribution in [0.25, 0.3) is 54.6 Å². The SMILES string of the molecule is CC(=O)Cc1cc(O)c2c(O)c3c(O)cc(=O)c(-c4c(=O)cc(O)c5c(O)c6c(O)cc(CC(C)=O)oc6cc45)c3cc2o1. The molecule has 0 atom stereocenters. The summed E-state index contributed by atoms with van der Waals surface area (Å²) in [7, 11) is 0. The van der Waals surface area contributed by atoms with Crippen molar-refractivity contribution < 1.29 is 49.1 Å². The van der Waals surface area contributed by atoms with Crippen molar-refractivity contribution >= 4 is 55.0 Å². The van der Waals surface area contributed by atoms with Gasteiger partial charge in [-0.05, 0) is 26.0 Å². The monoisotopic (exact) mass is 598 g/mol. The lowest BCUT2D eigenvalue weighted by atomic mass is 9.90. The Hall–Kier alpha value is -6.04. The van der Waals surface area contributed by atoms with Crippen LogP contribution in [0.2, 0.25) is 0 Å². The second-order valence-electron chi connectivity index (χ2n) is 10.5. The number of rotatable bonds is 5. The van der Waals surface area contributed by atoms with E-state index in [1.807, 2.05) is 0 Å². The summed E-state index contributed by atoms with van der Waals surface area (Å²) in [5, 5.41) is 63.6. The van der Waals surface area contributed by atoms with E-state index < -0.39 is 45.4 Å². The van der Waals surface area contributed by atoms with Crippen molar-refractivity contribution in [2.75, 3.05) is 0 Å². The molecule has 44 heavy (non-hydrogen) atoms. The Morgan fingerprint density at radius 3 is 1.23 bits per heavy atom. The number of fused-ring (bicyclic) bond motifs is 4. The Balaban J connectivity index is 1.80. The molecule has 2 aromatic heterocycles. The van der Waals surface area contributed by atoms with Crippen molar-refractivity contribution in [2.45, 2.75) is 26.7 Å². The topological polar surface area (TPSA) is 216 Å². The summed E-state index contributed by atoms with van der Waals surface area (Å²) in [6.45, 7) is 2.60. The molecular formula is C32H22O12. The van der Waals surface area contributed by atoms with Gasteiger partial charge < -0.3 is 39.5 Å². The quantitative estimate of drug-likeness (QED) is 0.153. The van der Waals surface area contributed by atoms with E-state index in [2.05, 4.69) is 0 Å². The second kappa shape index (κ2) is 9.76. The van der Waals surface area contributed by atoms with Crippen LogP contribution >= 0.6 is 0 Å². The molecule has 2 heterocycles. The molecule has 6 N–H and O–H groups in total. The van der Waals surface area contributed by atoms with Crippen LogP contribution in [-0.2, 0) is 22.4 Å². The molecule has 0 aliphatic heterocycles. The van der Waals surface area contributed by atoms with E-state index in [0.717, 1.165) is 24.3 Å². The first kappa shape index (κ1) is 28.1. The maximum atomic E-state index is 13.5. The average Bonchev–Trinajstić information content (AvgIpc) is 2.88. The fraction of sp³-hybridized carbons (Fsp3) is 0.125. The molecule has 0 amide bonds. The second-order valence-corrected chi connectivity index (χ2v) is 10.5. The smallest absolute Gasteiger partial charge is 0.190 e. The number of phenols is 4. The van der Waals surface area contributed by atoms with E-state index in [-0.39, 0.29) is 90.5 Å². The van der Waals surface area contributed by atoms with Gasteiger partial charge in [-0.15, -0.1) is 0 Å². The van der Waals surface area contributed by atoms with E-state index in [4.69, 9.17) is 8.83 Å². The lowest BCUT2D eigenvalue weighted by Crippen LogP contribution is -2.12. The molecule has 12 heteroatoms. The molecular weight excluding hydrogens is 576 g/mol. The molecule has 0 saturated carbocycles.